The smallest absolute Gasteiger partial charge is 0.319 e. The largest absolute Gasteiger partial charge is 0.329 e. The third-order valence-electron chi connectivity index (χ3n) is 2.89. The summed E-state index contributed by atoms with van der Waals surface area (Å²) in [5.41, 5.74) is 2.20. The van der Waals surface area contributed by atoms with E-state index in [2.05, 4.69) is 16.0 Å². The van der Waals surface area contributed by atoms with Crippen LogP contribution in [-0.4, -0.2) is 18.5 Å². The summed E-state index contributed by atoms with van der Waals surface area (Å²) >= 11 is 11.7. The summed E-state index contributed by atoms with van der Waals surface area (Å²) in [6.07, 6.45) is 0. The highest BCUT2D eigenvalue weighted by atomic mass is 35.5. The minimum atomic E-state index is -0.511. The van der Waals surface area contributed by atoms with Crippen LogP contribution in [0.25, 0.3) is 0 Å². The number of anilines is 2. The van der Waals surface area contributed by atoms with Crippen molar-refractivity contribution in [3.63, 3.8) is 0 Å². The zero-order valence-electron chi connectivity index (χ0n) is 12.3. The molecule has 0 aromatic heterocycles. The van der Waals surface area contributed by atoms with Gasteiger partial charge in [-0.25, -0.2) is 4.79 Å². The maximum Gasteiger partial charge on any atom is 0.319 e. The molecule has 0 spiro atoms. The molecule has 3 amide bonds. The number of nitrogens with one attached hydrogen (secondary N) is 3. The first-order valence-corrected chi connectivity index (χ1v) is 7.56. The van der Waals surface area contributed by atoms with E-state index in [1.54, 1.807) is 18.2 Å². The number of benzene rings is 2. The summed E-state index contributed by atoms with van der Waals surface area (Å²) in [4.78, 5) is 23.5. The minimum absolute atomic E-state index is 0.152. The second kappa shape index (κ2) is 7.85. The van der Waals surface area contributed by atoms with Crippen LogP contribution in [0, 0.1) is 6.92 Å². The van der Waals surface area contributed by atoms with Crippen molar-refractivity contribution in [1.82, 2.24) is 5.32 Å². The predicted octanol–water partition coefficient (Wildman–Crippen LogP) is 4.06. The Labute approximate surface area is 144 Å². The van der Waals surface area contributed by atoms with Gasteiger partial charge in [-0.3, -0.25) is 4.79 Å². The van der Waals surface area contributed by atoms with Gasteiger partial charge in [0.15, 0.2) is 0 Å². The first-order valence-electron chi connectivity index (χ1n) is 6.80. The standard InChI is InChI=1S/C16H15Cl2N3O2/c1-10-3-2-4-11(7-10)20-15(22)9-19-16(23)21-12-5-6-13(17)14(18)8-12/h2-8H,9H2,1H3,(H,20,22)(H2,19,21,23). The zero-order chi connectivity index (χ0) is 16.8. The van der Waals surface area contributed by atoms with Crippen LogP contribution in [0.15, 0.2) is 42.5 Å². The van der Waals surface area contributed by atoms with Crippen molar-refractivity contribution >= 4 is 46.5 Å². The molecule has 0 radical (unpaired) electrons. The lowest BCUT2D eigenvalue weighted by molar-refractivity contribution is -0.115. The summed E-state index contributed by atoms with van der Waals surface area (Å²) in [5.74, 6) is -0.320. The number of amides is 3. The number of hydrogen-bond donors (Lipinski definition) is 3. The monoisotopic (exact) mass is 351 g/mol. The summed E-state index contributed by atoms with van der Waals surface area (Å²) in [6, 6.07) is 11.6. The molecule has 7 heteroatoms. The fourth-order valence-electron chi connectivity index (χ4n) is 1.84. The summed E-state index contributed by atoms with van der Waals surface area (Å²) in [7, 11) is 0. The molecule has 2 aromatic carbocycles. The molecule has 0 aliphatic heterocycles. The van der Waals surface area contributed by atoms with E-state index in [1.165, 1.54) is 6.07 Å². The highest BCUT2D eigenvalue weighted by Crippen LogP contribution is 2.24. The Bertz CT molecular complexity index is 735. The van der Waals surface area contributed by atoms with Crippen molar-refractivity contribution in [3.8, 4) is 0 Å². The molecule has 2 rings (SSSR count). The molecule has 0 saturated heterocycles. The van der Waals surface area contributed by atoms with Crippen LogP contribution in [0.4, 0.5) is 16.2 Å². The summed E-state index contributed by atoms with van der Waals surface area (Å²) in [5, 5.41) is 8.46. The molecule has 0 aliphatic carbocycles. The van der Waals surface area contributed by atoms with Crippen molar-refractivity contribution in [2.24, 2.45) is 0 Å². The van der Waals surface area contributed by atoms with Crippen molar-refractivity contribution < 1.29 is 9.59 Å². The number of halogens is 2. The number of urea groups is 1. The van der Waals surface area contributed by atoms with Crippen LogP contribution < -0.4 is 16.0 Å². The van der Waals surface area contributed by atoms with Crippen LogP contribution in [0.2, 0.25) is 10.0 Å². The van der Waals surface area contributed by atoms with Crippen molar-refractivity contribution in [3.05, 3.63) is 58.1 Å². The third kappa shape index (κ3) is 5.47. The number of carbonyl (C=O) groups excluding carboxylic acids is 2. The van der Waals surface area contributed by atoms with Crippen LogP contribution in [0.3, 0.4) is 0 Å². The minimum Gasteiger partial charge on any atom is -0.329 e. The average molecular weight is 352 g/mol. The molecule has 5 nitrogen and oxygen atoms in total. The van der Waals surface area contributed by atoms with E-state index < -0.39 is 6.03 Å². The van der Waals surface area contributed by atoms with E-state index in [4.69, 9.17) is 23.2 Å². The molecule has 0 atom stereocenters. The molecule has 3 N–H and O–H groups in total. The van der Waals surface area contributed by atoms with Gasteiger partial charge in [0.1, 0.15) is 0 Å². The van der Waals surface area contributed by atoms with Gasteiger partial charge in [-0.15, -0.1) is 0 Å². The van der Waals surface area contributed by atoms with E-state index in [9.17, 15) is 9.59 Å². The number of carbonyl (C=O) groups is 2. The molecule has 0 fully saturated rings. The molecule has 0 aliphatic rings. The van der Waals surface area contributed by atoms with Gasteiger partial charge in [0.25, 0.3) is 0 Å². The van der Waals surface area contributed by atoms with Crippen LogP contribution in [0.1, 0.15) is 5.56 Å². The third-order valence-corrected chi connectivity index (χ3v) is 3.63. The highest BCUT2D eigenvalue weighted by molar-refractivity contribution is 6.42. The Morgan fingerprint density at radius 3 is 2.39 bits per heavy atom. The maximum absolute atomic E-state index is 11.8. The van der Waals surface area contributed by atoms with Crippen LogP contribution in [-0.2, 0) is 4.79 Å². The molecular weight excluding hydrogens is 337 g/mol. The molecular formula is C16H15Cl2N3O2. The topological polar surface area (TPSA) is 70.2 Å². The molecule has 120 valence electrons. The number of hydrogen-bond acceptors (Lipinski definition) is 2. The second-order valence-electron chi connectivity index (χ2n) is 4.85. The second-order valence-corrected chi connectivity index (χ2v) is 5.67. The molecule has 0 bridgehead atoms. The molecule has 0 saturated carbocycles. The van der Waals surface area contributed by atoms with E-state index in [0.717, 1.165) is 5.56 Å². The molecule has 23 heavy (non-hydrogen) atoms. The quantitative estimate of drug-likeness (QED) is 0.777. The van der Waals surface area contributed by atoms with E-state index >= 15 is 0 Å². The number of rotatable bonds is 4. The zero-order valence-corrected chi connectivity index (χ0v) is 13.8. The average Bonchev–Trinajstić information content (AvgIpc) is 2.49. The SMILES string of the molecule is Cc1cccc(NC(=O)CNC(=O)Nc2ccc(Cl)c(Cl)c2)c1. The van der Waals surface area contributed by atoms with Crippen LogP contribution in [0.5, 0.6) is 0 Å². The van der Waals surface area contributed by atoms with Gasteiger partial charge < -0.3 is 16.0 Å². The Balaban J connectivity index is 1.81. The normalized spacial score (nSPS) is 10.0. The Morgan fingerprint density at radius 2 is 1.70 bits per heavy atom. The first kappa shape index (κ1) is 17.1. The lowest BCUT2D eigenvalue weighted by Crippen LogP contribution is -2.35. The van der Waals surface area contributed by atoms with E-state index in [0.29, 0.717) is 21.4 Å². The molecule has 2 aromatic rings. The van der Waals surface area contributed by atoms with Crippen molar-refractivity contribution in [2.45, 2.75) is 6.92 Å². The lowest BCUT2D eigenvalue weighted by atomic mass is 10.2. The predicted molar refractivity (Wildman–Crippen MR) is 93.3 cm³/mol. The maximum atomic E-state index is 11.8. The van der Waals surface area contributed by atoms with Gasteiger partial charge in [-0.05, 0) is 42.8 Å². The highest BCUT2D eigenvalue weighted by Gasteiger charge is 2.07. The first-order chi connectivity index (χ1) is 10.9. The van der Waals surface area contributed by atoms with Gasteiger partial charge in [-0.2, -0.15) is 0 Å². The van der Waals surface area contributed by atoms with Crippen molar-refractivity contribution in [1.29, 1.82) is 0 Å². The Hall–Kier alpha value is -2.24. The lowest BCUT2D eigenvalue weighted by Gasteiger charge is -2.09. The summed E-state index contributed by atoms with van der Waals surface area (Å²) < 4.78 is 0. The van der Waals surface area contributed by atoms with E-state index in [-0.39, 0.29) is 12.5 Å². The summed E-state index contributed by atoms with van der Waals surface area (Å²) in [6.45, 7) is 1.78. The van der Waals surface area contributed by atoms with E-state index in [1.807, 2.05) is 25.1 Å². The van der Waals surface area contributed by atoms with Gasteiger partial charge in [-0.1, -0.05) is 35.3 Å². The van der Waals surface area contributed by atoms with Crippen molar-refractivity contribution in [2.75, 3.05) is 17.2 Å². The van der Waals surface area contributed by atoms with Gasteiger partial charge in [0.2, 0.25) is 5.91 Å². The van der Waals surface area contributed by atoms with Gasteiger partial charge in [0, 0.05) is 11.4 Å². The van der Waals surface area contributed by atoms with Gasteiger partial charge >= 0.3 is 6.03 Å². The fourth-order valence-corrected chi connectivity index (χ4v) is 2.14. The molecule has 0 heterocycles. The van der Waals surface area contributed by atoms with Crippen LogP contribution >= 0.6 is 23.2 Å². The van der Waals surface area contributed by atoms with Gasteiger partial charge in [0.05, 0.1) is 16.6 Å². The fraction of sp³-hybridized carbons (Fsp3) is 0.125. The Morgan fingerprint density at radius 1 is 0.957 bits per heavy atom. The molecule has 0 unspecified atom stereocenters. The Kier molecular flexibility index (Phi) is 5.84. The number of aryl methyl sites for hydroxylation is 1.